The van der Waals surface area contributed by atoms with Crippen LogP contribution in [0.1, 0.15) is 18.9 Å². The second-order valence-electron chi connectivity index (χ2n) is 7.66. The molecule has 0 saturated carbocycles. The van der Waals surface area contributed by atoms with Gasteiger partial charge in [-0.05, 0) is 12.5 Å². The number of carbonyl (C=O) groups is 2. The van der Waals surface area contributed by atoms with Crippen LogP contribution in [0.5, 0.6) is 0 Å². The van der Waals surface area contributed by atoms with Gasteiger partial charge in [0.2, 0.25) is 21.8 Å². The summed E-state index contributed by atoms with van der Waals surface area (Å²) in [6, 6.07) is 9.51. The van der Waals surface area contributed by atoms with E-state index in [9.17, 15) is 18.0 Å². The normalized spacial score (nSPS) is 24.4. The van der Waals surface area contributed by atoms with Gasteiger partial charge in [-0.1, -0.05) is 30.3 Å². The van der Waals surface area contributed by atoms with Crippen molar-refractivity contribution < 1.29 is 18.0 Å². The van der Waals surface area contributed by atoms with Crippen molar-refractivity contribution >= 4 is 21.8 Å². The summed E-state index contributed by atoms with van der Waals surface area (Å²) in [5.74, 6) is 0.00151. The Morgan fingerprint density at radius 1 is 1.11 bits per heavy atom. The molecule has 1 aromatic rings. The fraction of sp³-hybridized carbons (Fsp3) is 0.579. The van der Waals surface area contributed by atoms with Gasteiger partial charge in [-0.15, -0.1) is 0 Å². The Bertz CT molecular complexity index is 812. The highest BCUT2D eigenvalue weighted by Crippen LogP contribution is 2.35. The zero-order chi connectivity index (χ0) is 19.7. The fourth-order valence-corrected chi connectivity index (χ4v) is 5.00. The summed E-state index contributed by atoms with van der Waals surface area (Å²) in [6.07, 6.45) is 1.75. The van der Waals surface area contributed by atoms with Crippen molar-refractivity contribution in [1.82, 2.24) is 14.1 Å². The zero-order valence-corrected chi connectivity index (χ0v) is 16.7. The summed E-state index contributed by atoms with van der Waals surface area (Å²) >= 11 is 0. The van der Waals surface area contributed by atoms with Crippen molar-refractivity contribution in [2.24, 2.45) is 5.41 Å². The molecule has 1 unspecified atom stereocenters. The van der Waals surface area contributed by atoms with Gasteiger partial charge in [-0.3, -0.25) is 9.59 Å². The van der Waals surface area contributed by atoms with Crippen LogP contribution in [0, 0.1) is 5.41 Å². The first-order valence-corrected chi connectivity index (χ1v) is 11.1. The van der Waals surface area contributed by atoms with Crippen LogP contribution in [0.4, 0.5) is 0 Å². The number of amides is 2. The smallest absolute Gasteiger partial charge is 0.227 e. The van der Waals surface area contributed by atoms with E-state index in [-0.39, 0.29) is 37.7 Å². The van der Waals surface area contributed by atoms with Crippen LogP contribution in [0.25, 0.3) is 0 Å². The van der Waals surface area contributed by atoms with Crippen LogP contribution >= 0.6 is 0 Å². The van der Waals surface area contributed by atoms with Crippen molar-refractivity contribution in [1.29, 1.82) is 0 Å². The largest absolute Gasteiger partial charge is 0.342 e. The third-order valence-electron chi connectivity index (χ3n) is 5.46. The topological polar surface area (TPSA) is 78.0 Å². The van der Waals surface area contributed by atoms with E-state index in [2.05, 4.69) is 0 Å². The first-order chi connectivity index (χ1) is 12.7. The summed E-state index contributed by atoms with van der Waals surface area (Å²) in [7, 11) is -3.40. The van der Waals surface area contributed by atoms with Gasteiger partial charge in [0.25, 0.3) is 0 Å². The van der Waals surface area contributed by atoms with E-state index in [1.54, 1.807) is 9.80 Å². The van der Waals surface area contributed by atoms with E-state index >= 15 is 0 Å². The molecule has 0 radical (unpaired) electrons. The second-order valence-corrected chi connectivity index (χ2v) is 9.64. The minimum Gasteiger partial charge on any atom is -0.342 e. The average Bonchev–Trinajstić information content (AvgIpc) is 2.79. The summed E-state index contributed by atoms with van der Waals surface area (Å²) in [4.78, 5) is 28.8. The molecule has 2 aliphatic rings. The molecule has 1 spiro atoms. The molecule has 1 atom stereocenters. The van der Waals surface area contributed by atoms with Crippen LogP contribution < -0.4 is 0 Å². The van der Waals surface area contributed by atoms with E-state index in [1.165, 1.54) is 10.6 Å². The molecular formula is C19H27N3O4S. The number of hydrogen-bond donors (Lipinski definition) is 0. The predicted molar refractivity (Wildman–Crippen MR) is 102 cm³/mol. The maximum absolute atomic E-state index is 12.9. The first-order valence-electron chi connectivity index (χ1n) is 9.27. The molecule has 2 amide bonds. The minimum absolute atomic E-state index is 0.0293. The Labute approximate surface area is 161 Å². The number of rotatable bonds is 4. The summed E-state index contributed by atoms with van der Waals surface area (Å²) in [5.41, 5.74) is 0.386. The SMILES string of the molecule is CCN1CC2(CC1=O)CN(C(=O)Cc1ccccc1)CCN(S(C)(=O)=O)C2. The van der Waals surface area contributed by atoms with Gasteiger partial charge in [0.05, 0.1) is 12.7 Å². The molecule has 0 aliphatic carbocycles. The van der Waals surface area contributed by atoms with E-state index in [0.29, 0.717) is 26.2 Å². The van der Waals surface area contributed by atoms with Crippen molar-refractivity contribution in [3.63, 3.8) is 0 Å². The van der Waals surface area contributed by atoms with Crippen molar-refractivity contribution in [2.45, 2.75) is 19.8 Å². The Morgan fingerprint density at radius 2 is 1.81 bits per heavy atom. The molecule has 0 aromatic heterocycles. The maximum atomic E-state index is 12.9. The van der Waals surface area contributed by atoms with Crippen LogP contribution in [-0.2, 0) is 26.0 Å². The third-order valence-corrected chi connectivity index (χ3v) is 6.71. The van der Waals surface area contributed by atoms with Crippen LogP contribution in [0.15, 0.2) is 30.3 Å². The van der Waals surface area contributed by atoms with Crippen LogP contribution in [-0.4, -0.2) is 79.9 Å². The second kappa shape index (κ2) is 7.59. The summed E-state index contributed by atoms with van der Waals surface area (Å²) < 4.78 is 25.8. The Kier molecular flexibility index (Phi) is 5.58. The maximum Gasteiger partial charge on any atom is 0.227 e. The molecule has 2 fully saturated rings. The predicted octanol–water partition coefficient (Wildman–Crippen LogP) is 0.572. The van der Waals surface area contributed by atoms with Crippen LogP contribution in [0.3, 0.4) is 0 Å². The number of sulfonamides is 1. The van der Waals surface area contributed by atoms with Gasteiger partial charge in [-0.2, -0.15) is 4.31 Å². The fourth-order valence-electron chi connectivity index (χ4n) is 4.08. The lowest BCUT2D eigenvalue weighted by Crippen LogP contribution is -2.45. The van der Waals surface area contributed by atoms with Gasteiger partial charge >= 0.3 is 0 Å². The lowest BCUT2D eigenvalue weighted by molar-refractivity contribution is -0.132. The number of likely N-dealkylation sites (tertiary alicyclic amines) is 1. The quantitative estimate of drug-likeness (QED) is 0.749. The number of nitrogens with zero attached hydrogens (tertiary/aromatic N) is 3. The molecule has 1 aromatic carbocycles. The van der Waals surface area contributed by atoms with Crippen LogP contribution in [0.2, 0.25) is 0 Å². The molecule has 7 nitrogen and oxygen atoms in total. The molecule has 8 heteroatoms. The molecular weight excluding hydrogens is 366 g/mol. The standard InChI is InChI=1S/C19H27N3O4S/c1-3-20-13-19(12-18(20)24)14-21(9-10-22(15-19)27(2,25)26)17(23)11-16-7-5-4-6-8-16/h4-8H,3,9-15H2,1-2H3. The first kappa shape index (κ1) is 19.8. The Hall–Kier alpha value is -1.93. The molecule has 3 rings (SSSR count). The molecule has 0 N–H and O–H groups in total. The Morgan fingerprint density at radius 3 is 2.41 bits per heavy atom. The van der Waals surface area contributed by atoms with Gasteiger partial charge in [0.1, 0.15) is 0 Å². The van der Waals surface area contributed by atoms with Gasteiger partial charge in [-0.25, -0.2) is 8.42 Å². The van der Waals surface area contributed by atoms with Gasteiger partial charge in [0.15, 0.2) is 0 Å². The molecule has 2 aliphatic heterocycles. The highest BCUT2D eigenvalue weighted by Gasteiger charge is 2.48. The third kappa shape index (κ3) is 4.50. The number of carbonyl (C=O) groups excluding carboxylic acids is 2. The minimum atomic E-state index is -3.40. The lowest BCUT2D eigenvalue weighted by atomic mass is 9.86. The van der Waals surface area contributed by atoms with Crippen molar-refractivity contribution in [2.75, 3.05) is 45.5 Å². The number of benzene rings is 1. The highest BCUT2D eigenvalue weighted by atomic mass is 32.2. The van der Waals surface area contributed by atoms with E-state index in [1.807, 2.05) is 37.3 Å². The molecule has 148 valence electrons. The molecule has 2 saturated heterocycles. The van der Waals surface area contributed by atoms with Crippen molar-refractivity contribution in [3.05, 3.63) is 35.9 Å². The molecule has 27 heavy (non-hydrogen) atoms. The molecule has 2 heterocycles. The number of hydrogen-bond acceptors (Lipinski definition) is 4. The monoisotopic (exact) mass is 393 g/mol. The zero-order valence-electron chi connectivity index (χ0n) is 15.9. The Balaban J connectivity index is 1.84. The molecule has 0 bridgehead atoms. The van der Waals surface area contributed by atoms with Crippen molar-refractivity contribution in [3.8, 4) is 0 Å². The summed E-state index contributed by atoms with van der Waals surface area (Å²) in [5, 5.41) is 0. The van der Waals surface area contributed by atoms with Gasteiger partial charge in [0, 0.05) is 51.1 Å². The average molecular weight is 394 g/mol. The lowest BCUT2D eigenvalue weighted by Gasteiger charge is -2.33. The van der Waals surface area contributed by atoms with Gasteiger partial charge < -0.3 is 9.80 Å². The van der Waals surface area contributed by atoms with E-state index in [0.717, 1.165) is 5.56 Å². The van der Waals surface area contributed by atoms with E-state index in [4.69, 9.17) is 0 Å². The van der Waals surface area contributed by atoms with E-state index < -0.39 is 15.4 Å². The summed E-state index contributed by atoms with van der Waals surface area (Å²) in [6.45, 7) is 4.31. The highest BCUT2D eigenvalue weighted by molar-refractivity contribution is 7.88.